The van der Waals surface area contributed by atoms with E-state index in [0.29, 0.717) is 57.8 Å². The predicted molar refractivity (Wildman–Crippen MR) is 166 cm³/mol. The molecule has 4 aromatic rings. The molecule has 0 spiro atoms. The first-order chi connectivity index (χ1) is 20.6. The van der Waals surface area contributed by atoms with Crippen LogP contribution in [0.4, 0.5) is 23.5 Å². The maximum Gasteiger partial charge on any atom is 0.222 e. The Labute approximate surface area is 258 Å². The molecule has 2 aromatic heterocycles. The molecule has 0 unspecified atom stereocenters. The van der Waals surface area contributed by atoms with Crippen molar-refractivity contribution < 1.29 is 19.7 Å². The van der Waals surface area contributed by atoms with Crippen LogP contribution in [0.2, 0.25) is 10.0 Å². The molecule has 2 saturated carbocycles. The number of nitrogens with one attached hydrogen (secondary N) is 2. The van der Waals surface area contributed by atoms with Gasteiger partial charge in [0, 0.05) is 23.1 Å². The average molecular weight is 628 g/mol. The Morgan fingerprint density at radius 3 is 1.42 bits per heavy atom. The Balaban J connectivity index is 0.000000171. The lowest BCUT2D eigenvalue weighted by molar-refractivity contribution is -0.0202. The number of nitrogen functional groups attached to an aromatic ring is 2. The molecule has 2 heterocycles. The van der Waals surface area contributed by atoms with Gasteiger partial charge < -0.3 is 41.8 Å². The SMILES string of the molecule is Nc1ncc(Oc2ccc(Cl)cc2)c(NCC2(O)CC2)n1.Nc1ncc(Oc2ccc(Cl)cc2)c(NCC2(O)CCC2)n1. The lowest BCUT2D eigenvalue weighted by Crippen LogP contribution is -2.43. The van der Waals surface area contributed by atoms with Gasteiger partial charge >= 0.3 is 0 Å². The third-order valence-corrected chi connectivity index (χ3v) is 7.42. The Kier molecular flexibility index (Phi) is 9.21. The third-order valence-electron chi connectivity index (χ3n) is 6.91. The van der Waals surface area contributed by atoms with E-state index in [1.807, 2.05) is 0 Å². The molecule has 0 radical (unpaired) electrons. The van der Waals surface area contributed by atoms with E-state index in [-0.39, 0.29) is 11.9 Å². The fourth-order valence-electron chi connectivity index (χ4n) is 4.01. The summed E-state index contributed by atoms with van der Waals surface area (Å²) in [5, 5.41) is 27.4. The number of benzene rings is 2. The van der Waals surface area contributed by atoms with Crippen molar-refractivity contribution in [3.63, 3.8) is 0 Å². The molecule has 2 aliphatic carbocycles. The fourth-order valence-corrected chi connectivity index (χ4v) is 4.26. The van der Waals surface area contributed by atoms with Crippen molar-refractivity contribution >= 4 is 46.7 Å². The van der Waals surface area contributed by atoms with E-state index in [4.69, 9.17) is 44.1 Å². The third kappa shape index (κ3) is 8.71. The van der Waals surface area contributed by atoms with E-state index in [1.165, 1.54) is 12.4 Å². The summed E-state index contributed by atoms with van der Waals surface area (Å²) in [5.41, 5.74) is 9.92. The number of aliphatic hydroxyl groups is 2. The van der Waals surface area contributed by atoms with E-state index in [0.717, 1.165) is 32.1 Å². The van der Waals surface area contributed by atoms with Gasteiger partial charge in [0.05, 0.1) is 23.6 Å². The molecular formula is C29H32Cl2N8O4. The van der Waals surface area contributed by atoms with Crippen LogP contribution in [0.3, 0.4) is 0 Å². The minimum absolute atomic E-state index is 0.142. The minimum atomic E-state index is -0.669. The lowest BCUT2D eigenvalue weighted by Gasteiger charge is -2.36. The van der Waals surface area contributed by atoms with Gasteiger partial charge in [0.2, 0.25) is 11.9 Å². The van der Waals surface area contributed by atoms with Gasteiger partial charge in [-0.15, -0.1) is 0 Å². The summed E-state index contributed by atoms with van der Waals surface area (Å²) >= 11 is 11.7. The van der Waals surface area contributed by atoms with E-state index >= 15 is 0 Å². The first-order valence-electron chi connectivity index (χ1n) is 13.6. The van der Waals surface area contributed by atoms with Crippen LogP contribution >= 0.6 is 23.2 Å². The van der Waals surface area contributed by atoms with Crippen molar-refractivity contribution in [2.24, 2.45) is 0 Å². The highest BCUT2D eigenvalue weighted by molar-refractivity contribution is 6.30. The topological polar surface area (TPSA) is 187 Å². The van der Waals surface area contributed by atoms with Crippen molar-refractivity contribution in [2.45, 2.75) is 43.3 Å². The van der Waals surface area contributed by atoms with Crippen LogP contribution in [-0.4, -0.2) is 54.4 Å². The first-order valence-corrected chi connectivity index (χ1v) is 14.4. The number of anilines is 4. The molecule has 0 atom stereocenters. The van der Waals surface area contributed by atoms with Gasteiger partial charge in [-0.25, -0.2) is 9.97 Å². The molecule has 8 N–H and O–H groups in total. The minimum Gasteiger partial charge on any atom is -0.452 e. The van der Waals surface area contributed by atoms with Crippen LogP contribution in [0.5, 0.6) is 23.0 Å². The molecule has 14 heteroatoms. The van der Waals surface area contributed by atoms with Gasteiger partial charge in [0.15, 0.2) is 23.1 Å². The van der Waals surface area contributed by atoms with Crippen LogP contribution in [0.1, 0.15) is 32.1 Å². The maximum atomic E-state index is 10.2. The van der Waals surface area contributed by atoms with Gasteiger partial charge in [-0.05, 0) is 80.6 Å². The van der Waals surface area contributed by atoms with Crippen LogP contribution in [0.15, 0.2) is 60.9 Å². The number of hydrogen-bond acceptors (Lipinski definition) is 12. The molecule has 12 nitrogen and oxygen atoms in total. The summed E-state index contributed by atoms with van der Waals surface area (Å²) in [7, 11) is 0. The molecule has 43 heavy (non-hydrogen) atoms. The van der Waals surface area contributed by atoms with Crippen molar-refractivity contribution in [3.05, 3.63) is 71.0 Å². The van der Waals surface area contributed by atoms with E-state index < -0.39 is 11.2 Å². The second-order valence-electron chi connectivity index (χ2n) is 10.5. The van der Waals surface area contributed by atoms with Crippen molar-refractivity contribution in [1.82, 2.24) is 19.9 Å². The standard InChI is InChI=1S/C15H17ClN4O2.C14H15ClN4O2/c16-10-2-4-11(5-3-10)22-12-8-18-14(17)20-13(12)19-9-15(21)6-1-7-15;15-9-1-3-10(4-2-9)21-11-7-17-13(16)19-12(11)18-8-14(20)5-6-14/h2-5,8,21H,1,6-7,9H2,(H3,17,18,19,20);1-4,7,20H,5-6,8H2,(H3,16,17,18,19). The smallest absolute Gasteiger partial charge is 0.222 e. The second-order valence-corrected chi connectivity index (χ2v) is 11.4. The molecule has 0 saturated heterocycles. The maximum absolute atomic E-state index is 10.2. The normalized spacial score (nSPS) is 15.7. The molecular weight excluding hydrogens is 595 g/mol. The van der Waals surface area contributed by atoms with Crippen LogP contribution in [0.25, 0.3) is 0 Å². The fraction of sp³-hybridized carbons (Fsp3) is 0.310. The average Bonchev–Trinajstić information content (AvgIpc) is 3.72. The molecule has 2 aliphatic rings. The Morgan fingerprint density at radius 2 is 1.07 bits per heavy atom. The summed E-state index contributed by atoms with van der Waals surface area (Å²) in [6, 6.07) is 13.9. The van der Waals surface area contributed by atoms with Crippen molar-refractivity contribution in [1.29, 1.82) is 0 Å². The molecule has 2 aromatic carbocycles. The summed E-state index contributed by atoms with van der Waals surface area (Å²) in [6.45, 7) is 0.806. The van der Waals surface area contributed by atoms with Gasteiger partial charge in [-0.3, -0.25) is 0 Å². The number of aromatic nitrogens is 4. The number of rotatable bonds is 10. The number of halogens is 2. The molecule has 0 aliphatic heterocycles. The highest BCUT2D eigenvalue weighted by Crippen LogP contribution is 2.37. The monoisotopic (exact) mass is 626 g/mol. The van der Waals surface area contributed by atoms with Crippen molar-refractivity contribution in [2.75, 3.05) is 35.2 Å². The van der Waals surface area contributed by atoms with Crippen LogP contribution in [0, 0.1) is 0 Å². The van der Waals surface area contributed by atoms with Crippen LogP contribution < -0.4 is 31.6 Å². The summed E-state index contributed by atoms with van der Waals surface area (Å²) in [5.74, 6) is 3.31. The summed E-state index contributed by atoms with van der Waals surface area (Å²) < 4.78 is 11.5. The summed E-state index contributed by atoms with van der Waals surface area (Å²) in [4.78, 5) is 16.1. The van der Waals surface area contributed by atoms with E-state index in [9.17, 15) is 10.2 Å². The van der Waals surface area contributed by atoms with Crippen LogP contribution in [-0.2, 0) is 0 Å². The van der Waals surface area contributed by atoms with Gasteiger partial charge in [0.1, 0.15) is 11.5 Å². The largest absolute Gasteiger partial charge is 0.452 e. The zero-order chi connectivity index (χ0) is 30.5. The zero-order valence-corrected chi connectivity index (χ0v) is 24.6. The quantitative estimate of drug-likeness (QED) is 0.134. The lowest BCUT2D eigenvalue weighted by atomic mass is 9.80. The van der Waals surface area contributed by atoms with E-state index in [1.54, 1.807) is 48.5 Å². The Hall–Kier alpha value is -4.10. The summed E-state index contributed by atoms with van der Waals surface area (Å²) in [6.07, 6.45) is 7.18. The number of hydrogen-bond donors (Lipinski definition) is 6. The highest BCUT2D eigenvalue weighted by atomic mass is 35.5. The van der Waals surface area contributed by atoms with Gasteiger partial charge in [0.25, 0.3) is 0 Å². The van der Waals surface area contributed by atoms with Gasteiger partial charge in [-0.1, -0.05) is 23.2 Å². The van der Waals surface area contributed by atoms with E-state index in [2.05, 4.69) is 30.6 Å². The molecule has 226 valence electrons. The molecule has 2 fully saturated rings. The highest BCUT2D eigenvalue weighted by Gasteiger charge is 2.40. The Bertz CT molecular complexity index is 1540. The molecule has 6 rings (SSSR count). The molecule has 0 amide bonds. The zero-order valence-electron chi connectivity index (χ0n) is 23.1. The predicted octanol–water partition coefficient (Wildman–Crippen LogP) is 5.27. The first kappa shape index (κ1) is 30.4. The molecule has 0 bridgehead atoms. The Morgan fingerprint density at radius 1 is 0.674 bits per heavy atom. The number of nitrogens with zero attached hydrogens (tertiary/aromatic N) is 4. The number of ether oxygens (including phenoxy) is 2. The van der Waals surface area contributed by atoms with Crippen molar-refractivity contribution in [3.8, 4) is 23.0 Å². The number of nitrogens with two attached hydrogens (primary N) is 2. The van der Waals surface area contributed by atoms with Gasteiger partial charge in [-0.2, -0.15) is 9.97 Å². The second kappa shape index (κ2) is 13.0.